The highest BCUT2D eigenvalue weighted by Gasteiger charge is 2.13. The number of nitrogens with two attached hydrogens (primary N) is 1. The van der Waals surface area contributed by atoms with Gasteiger partial charge in [0.05, 0.1) is 18.0 Å². The van der Waals surface area contributed by atoms with Crippen molar-refractivity contribution in [3.05, 3.63) is 53.6 Å². The highest BCUT2D eigenvalue weighted by Crippen LogP contribution is 2.31. The van der Waals surface area contributed by atoms with Crippen molar-refractivity contribution in [1.82, 2.24) is 0 Å². The van der Waals surface area contributed by atoms with Gasteiger partial charge in [-0.2, -0.15) is 0 Å². The average molecular weight is 292 g/mol. The van der Waals surface area contributed by atoms with Gasteiger partial charge in [0.2, 0.25) is 0 Å². The van der Waals surface area contributed by atoms with E-state index in [1.807, 2.05) is 0 Å². The van der Waals surface area contributed by atoms with E-state index in [0.717, 1.165) is 0 Å². The summed E-state index contributed by atoms with van der Waals surface area (Å²) in [5.41, 5.74) is 7.28. The van der Waals surface area contributed by atoms with Crippen LogP contribution in [0.3, 0.4) is 0 Å². The lowest BCUT2D eigenvalue weighted by Gasteiger charge is -2.22. The van der Waals surface area contributed by atoms with Gasteiger partial charge in [-0.3, -0.25) is 0 Å². The molecule has 0 aliphatic rings. The molecule has 0 bridgehead atoms. The van der Waals surface area contributed by atoms with Crippen LogP contribution in [0.1, 0.15) is 12.5 Å². The fourth-order valence-electron chi connectivity index (χ4n) is 2.12. The van der Waals surface area contributed by atoms with Crippen molar-refractivity contribution in [2.75, 3.05) is 24.3 Å². The van der Waals surface area contributed by atoms with Crippen LogP contribution >= 0.6 is 0 Å². The van der Waals surface area contributed by atoms with E-state index in [4.69, 9.17) is 10.5 Å². The Morgan fingerprint density at radius 1 is 1.14 bits per heavy atom. The van der Waals surface area contributed by atoms with Crippen LogP contribution in [0.5, 0.6) is 5.75 Å². The van der Waals surface area contributed by atoms with Gasteiger partial charge in [-0.05, 0) is 13.0 Å². The molecule has 0 aromatic heterocycles. The van der Waals surface area contributed by atoms with Crippen LogP contribution in [0.15, 0.2) is 36.4 Å². The van der Waals surface area contributed by atoms with Crippen molar-refractivity contribution >= 4 is 11.4 Å². The molecule has 0 saturated carbocycles. The number of ether oxygens (including phenoxy) is 1. The van der Waals surface area contributed by atoms with Gasteiger partial charge < -0.3 is 15.4 Å². The number of benzene rings is 2. The summed E-state index contributed by atoms with van der Waals surface area (Å²) in [6, 6.07) is 9.27. The summed E-state index contributed by atoms with van der Waals surface area (Å²) in [5.74, 6) is -0.644. The zero-order chi connectivity index (χ0) is 15.4. The molecule has 21 heavy (non-hydrogen) atoms. The molecule has 112 valence electrons. The molecule has 0 radical (unpaired) electrons. The van der Waals surface area contributed by atoms with Gasteiger partial charge in [-0.1, -0.05) is 18.2 Å². The van der Waals surface area contributed by atoms with E-state index in [1.165, 1.54) is 18.2 Å². The highest BCUT2D eigenvalue weighted by atomic mass is 19.1. The Morgan fingerprint density at radius 3 is 2.52 bits per heavy atom. The molecule has 0 saturated heterocycles. The molecule has 0 aliphatic heterocycles. The van der Waals surface area contributed by atoms with Gasteiger partial charge in [0.1, 0.15) is 5.82 Å². The van der Waals surface area contributed by atoms with Crippen LogP contribution in [0, 0.1) is 11.6 Å². The largest absolute Gasteiger partial charge is 0.491 e. The van der Waals surface area contributed by atoms with Gasteiger partial charge in [0, 0.05) is 31.3 Å². The molecule has 2 aromatic rings. The Bertz CT molecular complexity index is 632. The third-order valence-electron chi connectivity index (χ3n) is 3.16. The van der Waals surface area contributed by atoms with Crippen LogP contribution < -0.4 is 15.4 Å². The summed E-state index contributed by atoms with van der Waals surface area (Å²) in [6.45, 7) is 2.46. The lowest BCUT2D eigenvalue weighted by atomic mass is 10.1. The van der Waals surface area contributed by atoms with Gasteiger partial charge in [0.25, 0.3) is 0 Å². The lowest BCUT2D eigenvalue weighted by Crippen LogP contribution is -2.19. The van der Waals surface area contributed by atoms with Crippen molar-refractivity contribution < 1.29 is 13.5 Å². The second-order valence-electron chi connectivity index (χ2n) is 4.72. The number of rotatable bonds is 5. The Morgan fingerprint density at radius 2 is 1.86 bits per heavy atom. The van der Waals surface area contributed by atoms with E-state index < -0.39 is 5.82 Å². The van der Waals surface area contributed by atoms with Crippen molar-refractivity contribution in [3.63, 3.8) is 0 Å². The monoisotopic (exact) mass is 292 g/mol. The molecule has 2 rings (SSSR count). The van der Waals surface area contributed by atoms with E-state index in [1.54, 1.807) is 37.1 Å². The van der Waals surface area contributed by atoms with Crippen LogP contribution in [0.25, 0.3) is 0 Å². The maximum Gasteiger partial charge on any atom is 0.167 e. The average Bonchev–Trinajstić information content (AvgIpc) is 2.44. The third-order valence-corrected chi connectivity index (χ3v) is 3.16. The fraction of sp³-hybridized carbons (Fsp3) is 0.250. The smallest absolute Gasteiger partial charge is 0.167 e. The normalized spacial score (nSPS) is 10.5. The molecule has 0 spiro atoms. The summed E-state index contributed by atoms with van der Waals surface area (Å²) in [6.07, 6.45) is 0. The quantitative estimate of drug-likeness (QED) is 0.856. The van der Waals surface area contributed by atoms with E-state index in [-0.39, 0.29) is 17.3 Å². The number of anilines is 2. The number of hydrogen-bond acceptors (Lipinski definition) is 3. The first-order valence-corrected chi connectivity index (χ1v) is 6.69. The topological polar surface area (TPSA) is 38.5 Å². The zero-order valence-electron chi connectivity index (χ0n) is 12.1. The van der Waals surface area contributed by atoms with Crippen molar-refractivity contribution in [3.8, 4) is 5.75 Å². The van der Waals surface area contributed by atoms with Gasteiger partial charge in [-0.15, -0.1) is 0 Å². The Labute approximate surface area is 122 Å². The molecule has 0 heterocycles. The van der Waals surface area contributed by atoms with Gasteiger partial charge in [0.15, 0.2) is 11.6 Å². The Balaban J connectivity index is 2.28. The highest BCUT2D eigenvalue weighted by molar-refractivity contribution is 5.69. The predicted octanol–water partition coefficient (Wildman–Crippen LogP) is 3.58. The lowest BCUT2D eigenvalue weighted by molar-refractivity contribution is 0.322. The summed E-state index contributed by atoms with van der Waals surface area (Å²) >= 11 is 0. The first-order chi connectivity index (χ1) is 10.0. The molecule has 2 aromatic carbocycles. The minimum absolute atomic E-state index is 0.141. The first kappa shape index (κ1) is 15.1. The summed E-state index contributed by atoms with van der Waals surface area (Å²) in [4.78, 5) is 1.76. The second-order valence-corrected chi connectivity index (χ2v) is 4.72. The molecule has 0 fully saturated rings. The van der Waals surface area contributed by atoms with Gasteiger partial charge >= 0.3 is 0 Å². The molecular formula is C16H18F2N2O. The fourth-order valence-corrected chi connectivity index (χ4v) is 2.12. The van der Waals surface area contributed by atoms with Gasteiger partial charge in [-0.25, -0.2) is 8.78 Å². The minimum atomic E-state index is -0.502. The summed E-state index contributed by atoms with van der Waals surface area (Å²) in [7, 11) is 1.77. The number of nitrogen functional groups attached to an aromatic ring is 1. The second kappa shape index (κ2) is 6.43. The minimum Gasteiger partial charge on any atom is -0.491 e. The van der Waals surface area contributed by atoms with E-state index in [2.05, 4.69) is 0 Å². The predicted molar refractivity (Wildman–Crippen MR) is 80.5 cm³/mol. The summed E-state index contributed by atoms with van der Waals surface area (Å²) < 4.78 is 32.6. The van der Waals surface area contributed by atoms with Crippen molar-refractivity contribution in [2.24, 2.45) is 0 Å². The zero-order valence-corrected chi connectivity index (χ0v) is 12.1. The SMILES string of the molecule is CCOc1cc(N(C)Cc2ccccc2F)c(N)cc1F. The van der Waals surface area contributed by atoms with E-state index >= 15 is 0 Å². The molecule has 0 amide bonds. The van der Waals surface area contributed by atoms with Crippen molar-refractivity contribution in [1.29, 1.82) is 0 Å². The molecule has 0 unspecified atom stereocenters. The maximum atomic E-state index is 13.7. The van der Waals surface area contributed by atoms with E-state index in [9.17, 15) is 8.78 Å². The molecule has 2 N–H and O–H groups in total. The summed E-state index contributed by atoms with van der Waals surface area (Å²) in [5, 5.41) is 0. The Kier molecular flexibility index (Phi) is 4.62. The Hall–Kier alpha value is -2.30. The van der Waals surface area contributed by atoms with Crippen LogP contribution in [-0.4, -0.2) is 13.7 Å². The standard InChI is InChI=1S/C16H18F2N2O/c1-3-21-16-9-15(14(19)8-13(16)18)20(2)10-11-6-4-5-7-12(11)17/h4-9H,3,10,19H2,1-2H3. The maximum absolute atomic E-state index is 13.7. The van der Waals surface area contributed by atoms with Crippen LogP contribution in [0.2, 0.25) is 0 Å². The third kappa shape index (κ3) is 3.42. The van der Waals surface area contributed by atoms with Crippen LogP contribution in [0.4, 0.5) is 20.2 Å². The molecule has 0 aliphatic carbocycles. The van der Waals surface area contributed by atoms with Crippen LogP contribution in [-0.2, 0) is 6.54 Å². The first-order valence-electron chi connectivity index (χ1n) is 6.69. The molecular weight excluding hydrogens is 274 g/mol. The van der Waals surface area contributed by atoms with Crippen molar-refractivity contribution in [2.45, 2.75) is 13.5 Å². The number of hydrogen-bond donors (Lipinski definition) is 1. The molecule has 5 heteroatoms. The number of halogens is 2. The number of nitrogens with zero attached hydrogens (tertiary/aromatic N) is 1. The van der Waals surface area contributed by atoms with E-state index in [0.29, 0.717) is 24.4 Å². The molecule has 3 nitrogen and oxygen atoms in total. The molecule has 0 atom stereocenters.